The van der Waals surface area contributed by atoms with E-state index < -0.39 is 0 Å². The molecular weight excluding hydrogens is 320 g/mol. The van der Waals surface area contributed by atoms with Gasteiger partial charge in [-0.25, -0.2) is 14.8 Å². The van der Waals surface area contributed by atoms with E-state index in [-0.39, 0.29) is 12.1 Å². The van der Waals surface area contributed by atoms with Crippen LogP contribution in [0.3, 0.4) is 0 Å². The fourth-order valence-corrected chi connectivity index (χ4v) is 3.94. The van der Waals surface area contributed by atoms with Crippen molar-refractivity contribution in [2.24, 2.45) is 0 Å². The van der Waals surface area contributed by atoms with E-state index in [1.165, 1.54) is 0 Å². The van der Waals surface area contributed by atoms with Gasteiger partial charge in [0.05, 0.1) is 31.0 Å². The summed E-state index contributed by atoms with van der Waals surface area (Å²) in [7, 11) is 0. The summed E-state index contributed by atoms with van der Waals surface area (Å²) in [5, 5.41) is 5.91. The highest BCUT2D eigenvalue weighted by Gasteiger charge is 2.30. The minimum atomic E-state index is -0.102. The quantitative estimate of drug-likeness (QED) is 0.934. The van der Waals surface area contributed by atoms with Gasteiger partial charge in [-0.2, -0.15) is 0 Å². The highest BCUT2D eigenvalue weighted by Crippen LogP contribution is 2.27. The Morgan fingerprint density at radius 2 is 2.36 bits per heavy atom. The van der Waals surface area contributed by atoms with E-state index >= 15 is 0 Å². The number of hydrogen-bond acceptors (Lipinski definition) is 6. The molecule has 1 saturated heterocycles. The minimum absolute atomic E-state index is 0.0750. The summed E-state index contributed by atoms with van der Waals surface area (Å²) in [4.78, 5) is 24.1. The Labute approximate surface area is 137 Å². The molecule has 118 valence electrons. The lowest BCUT2D eigenvalue weighted by molar-refractivity contribution is 0.0115. The van der Waals surface area contributed by atoms with Crippen molar-refractivity contribution in [1.29, 1.82) is 0 Å². The lowest BCUT2D eigenvalue weighted by Crippen LogP contribution is -2.47. The summed E-state index contributed by atoms with van der Waals surface area (Å²) >= 11 is 3.13. The molecule has 0 spiro atoms. The Morgan fingerprint density at radius 1 is 1.50 bits per heavy atom. The smallest absolute Gasteiger partial charge is 0.318 e. The Bertz CT molecular complexity index is 655. The molecule has 3 rings (SSSR count). The van der Waals surface area contributed by atoms with Crippen molar-refractivity contribution in [3.8, 4) is 0 Å². The van der Waals surface area contributed by atoms with E-state index in [0.29, 0.717) is 26.3 Å². The Hall–Kier alpha value is -1.51. The molecular formula is C14H18N4O2S2. The van der Waals surface area contributed by atoms with E-state index in [2.05, 4.69) is 15.3 Å². The molecule has 2 aromatic rings. The number of ether oxygens (including phenoxy) is 1. The number of amides is 2. The predicted molar refractivity (Wildman–Crippen MR) is 86.2 cm³/mol. The number of nitrogens with one attached hydrogen (secondary N) is 1. The van der Waals surface area contributed by atoms with Crippen molar-refractivity contribution in [3.63, 3.8) is 0 Å². The molecule has 6 nitrogen and oxygen atoms in total. The zero-order valence-electron chi connectivity index (χ0n) is 12.5. The predicted octanol–water partition coefficient (Wildman–Crippen LogP) is 2.50. The first kappa shape index (κ1) is 15.4. The minimum Gasteiger partial charge on any atom is -0.377 e. The number of urea groups is 1. The van der Waals surface area contributed by atoms with Crippen molar-refractivity contribution >= 4 is 28.7 Å². The van der Waals surface area contributed by atoms with Gasteiger partial charge in [-0.3, -0.25) is 0 Å². The van der Waals surface area contributed by atoms with Crippen LogP contribution >= 0.6 is 22.7 Å². The molecule has 1 N–H and O–H groups in total. The van der Waals surface area contributed by atoms with E-state index in [4.69, 9.17) is 4.74 Å². The average molecular weight is 338 g/mol. The third kappa shape index (κ3) is 3.29. The molecule has 8 heteroatoms. The number of hydrogen-bond donors (Lipinski definition) is 1. The van der Waals surface area contributed by atoms with E-state index in [9.17, 15) is 4.79 Å². The van der Waals surface area contributed by atoms with Gasteiger partial charge in [0.2, 0.25) is 0 Å². The van der Waals surface area contributed by atoms with Gasteiger partial charge in [0.25, 0.3) is 0 Å². The first-order valence-corrected chi connectivity index (χ1v) is 8.84. The molecule has 2 aromatic heterocycles. The number of morpholine rings is 1. The zero-order chi connectivity index (χ0) is 15.5. The number of aromatic nitrogens is 2. The van der Waals surface area contributed by atoms with Crippen LogP contribution in [0.2, 0.25) is 0 Å². The van der Waals surface area contributed by atoms with Crippen LogP contribution < -0.4 is 5.32 Å². The molecule has 22 heavy (non-hydrogen) atoms. The van der Waals surface area contributed by atoms with E-state index in [1.807, 2.05) is 24.1 Å². The number of nitrogens with zero attached hydrogens (tertiary/aromatic N) is 3. The number of aryl methyl sites for hydroxylation is 2. The highest BCUT2D eigenvalue weighted by molar-refractivity contribution is 7.10. The second-order valence-electron chi connectivity index (χ2n) is 5.13. The first-order chi connectivity index (χ1) is 10.6. The molecule has 0 aliphatic carbocycles. The van der Waals surface area contributed by atoms with Crippen molar-refractivity contribution in [2.45, 2.75) is 26.4 Å². The van der Waals surface area contributed by atoms with Crippen LogP contribution in [-0.2, 0) is 11.3 Å². The zero-order valence-corrected chi connectivity index (χ0v) is 14.2. The third-order valence-corrected chi connectivity index (χ3v) is 5.56. The Balaban J connectivity index is 1.67. The second kappa shape index (κ2) is 6.72. The number of rotatable bonds is 3. The molecule has 0 bridgehead atoms. The van der Waals surface area contributed by atoms with Crippen molar-refractivity contribution in [3.05, 3.63) is 32.2 Å². The van der Waals surface area contributed by atoms with Gasteiger partial charge in [-0.1, -0.05) is 0 Å². The van der Waals surface area contributed by atoms with Gasteiger partial charge in [0.1, 0.15) is 11.0 Å². The maximum absolute atomic E-state index is 12.5. The second-order valence-corrected chi connectivity index (χ2v) is 6.96. The van der Waals surface area contributed by atoms with Crippen LogP contribution in [-0.4, -0.2) is 40.7 Å². The maximum atomic E-state index is 12.5. The lowest BCUT2D eigenvalue weighted by Gasteiger charge is -2.34. The number of carbonyl (C=O) groups is 1. The monoisotopic (exact) mass is 338 g/mol. The first-order valence-electron chi connectivity index (χ1n) is 7.08. The third-order valence-electron chi connectivity index (χ3n) is 3.56. The normalized spacial score (nSPS) is 18.5. The molecule has 0 aromatic carbocycles. The molecule has 0 radical (unpaired) electrons. The largest absolute Gasteiger partial charge is 0.377 e. The van der Waals surface area contributed by atoms with Crippen LogP contribution in [0.4, 0.5) is 4.79 Å². The van der Waals surface area contributed by atoms with Gasteiger partial charge in [0.15, 0.2) is 0 Å². The molecule has 1 atom stereocenters. The van der Waals surface area contributed by atoms with Gasteiger partial charge < -0.3 is 15.0 Å². The van der Waals surface area contributed by atoms with Crippen molar-refractivity contribution < 1.29 is 9.53 Å². The fourth-order valence-electron chi connectivity index (χ4n) is 2.33. The molecule has 1 aliphatic heterocycles. The maximum Gasteiger partial charge on any atom is 0.318 e. The topological polar surface area (TPSA) is 67.3 Å². The summed E-state index contributed by atoms with van der Waals surface area (Å²) in [5.74, 6) is 0. The lowest BCUT2D eigenvalue weighted by atomic mass is 10.2. The SMILES string of the molecule is Cc1csc([C@@H]2COCCN2C(=O)NCc2scnc2C)n1. The molecule has 1 fully saturated rings. The Kier molecular flexibility index (Phi) is 4.70. The standard InChI is InChI=1S/C14H18N4O2S2/c1-9-7-21-13(17-9)11-6-20-4-3-18(11)14(19)15-5-12-10(2)16-8-22-12/h7-8,11H,3-6H2,1-2H3,(H,15,19)/t11-/m0/s1. The summed E-state index contributed by atoms with van der Waals surface area (Å²) < 4.78 is 5.53. The molecule has 2 amide bonds. The molecule has 0 unspecified atom stereocenters. The van der Waals surface area contributed by atoms with Gasteiger partial charge >= 0.3 is 6.03 Å². The van der Waals surface area contributed by atoms with Crippen LogP contribution in [0, 0.1) is 13.8 Å². The van der Waals surface area contributed by atoms with Crippen LogP contribution in [0.25, 0.3) is 0 Å². The Morgan fingerprint density at radius 3 is 3.05 bits per heavy atom. The fraction of sp³-hybridized carbons (Fsp3) is 0.500. The molecule has 3 heterocycles. The summed E-state index contributed by atoms with van der Waals surface area (Å²) in [5.41, 5.74) is 3.75. The van der Waals surface area contributed by atoms with Crippen LogP contribution in [0.5, 0.6) is 0 Å². The molecule has 0 saturated carbocycles. The van der Waals surface area contributed by atoms with Crippen molar-refractivity contribution in [1.82, 2.24) is 20.2 Å². The summed E-state index contributed by atoms with van der Waals surface area (Å²) in [6.45, 7) is 6.06. The van der Waals surface area contributed by atoms with Gasteiger partial charge in [0, 0.05) is 22.5 Å². The van der Waals surface area contributed by atoms with Crippen LogP contribution in [0.1, 0.15) is 27.3 Å². The summed E-state index contributed by atoms with van der Waals surface area (Å²) in [6.07, 6.45) is 0. The van der Waals surface area contributed by atoms with Gasteiger partial charge in [-0.15, -0.1) is 22.7 Å². The summed E-state index contributed by atoms with van der Waals surface area (Å²) in [6, 6.07) is -0.177. The van der Waals surface area contributed by atoms with E-state index in [1.54, 1.807) is 28.2 Å². The molecule has 1 aliphatic rings. The number of carbonyl (C=O) groups excluding carboxylic acids is 1. The van der Waals surface area contributed by atoms with Crippen LogP contribution in [0.15, 0.2) is 10.9 Å². The highest BCUT2D eigenvalue weighted by atomic mass is 32.1. The number of thiazole rings is 2. The van der Waals surface area contributed by atoms with Gasteiger partial charge in [-0.05, 0) is 13.8 Å². The van der Waals surface area contributed by atoms with E-state index in [0.717, 1.165) is 21.3 Å². The average Bonchev–Trinajstić information content (AvgIpc) is 3.13. The van der Waals surface area contributed by atoms with Crippen molar-refractivity contribution in [2.75, 3.05) is 19.8 Å².